The number of aldehydes is 1. The Kier molecular flexibility index (Phi) is 14.5. The molecule has 1 heterocycles. The van der Waals surface area contributed by atoms with E-state index in [1.807, 2.05) is 30.3 Å². The summed E-state index contributed by atoms with van der Waals surface area (Å²) in [6, 6.07) is 17.0. The molecule has 0 saturated carbocycles. The molecular formula is C26H38FN3O. The van der Waals surface area contributed by atoms with Crippen molar-refractivity contribution in [2.75, 3.05) is 49.5 Å². The van der Waals surface area contributed by atoms with Gasteiger partial charge in [0.2, 0.25) is 0 Å². The Balaban J connectivity index is 0.000000604. The number of unbranched alkanes of at least 4 members (excludes halogenated alkanes) is 1. The molecule has 5 heteroatoms. The van der Waals surface area contributed by atoms with Crippen molar-refractivity contribution in [1.29, 1.82) is 0 Å². The van der Waals surface area contributed by atoms with Crippen LogP contribution in [0.2, 0.25) is 0 Å². The molecule has 0 atom stereocenters. The van der Waals surface area contributed by atoms with Gasteiger partial charge in [0.15, 0.2) is 0 Å². The van der Waals surface area contributed by atoms with Gasteiger partial charge in [0.1, 0.15) is 12.1 Å². The summed E-state index contributed by atoms with van der Waals surface area (Å²) in [5.41, 5.74) is 2.26. The fourth-order valence-corrected chi connectivity index (χ4v) is 2.88. The van der Waals surface area contributed by atoms with Crippen LogP contribution in [0.5, 0.6) is 0 Å². The van der Waals surface area contributed by atoms with Gasteiger partial charge < -0.3 is 15.0 Å². The molecule has 2 aromatic carbocycles. The number of carbonyl (C=O) groups is 1. The average Bonchev–Trinajstić information content (AvgIpc) is 2.81. The van der Waals surface area contributed by atoms with Gasteiger partial charge in [0.25, 0.3) is 0 Å². The van der Waals surface area contributed by atoms with E-state index < -0.39 is 0 Å². The molecule has 1 aliphatic heterocycles. The van der Waals surface area contributed by atoms with E-state index in [1.54, 1.807) is 0 Å². The lowest BCUT2D eigenvalue weighted by molar-refractivity contribution is -0.106. The summed E-state index contributed by atoms with van der Waals surface area (Å²) in [5, 5.41) is 3.37. The third-order valence-corrected chi connectivity index (χ3v) is 4.79. The van der Waals surface area contributed by atoms with Crippen LogP contribution in [0.4, 0.5) is 15.8 Å². The number of nitrogens with zero attached hydrogens (tertiary/aromatic N) is 2. The second-order valence-corrected chi connectivity index (χ2v) is 7.22. The molecule has 0 radical (unpaired) electrons. The number of nitrogens with one attached hydrogen (secondary N) is 1. The zero-order chi connectivity index (χ0) is 22.7. The molecule has 1 saturated heterocycles. The van der Waals surface area contributed by atoms with E-state index in [1.165, 1.54) is 31.9 Å². The molecule has 0 unspecified atom stereocenters. The highest BCUT2D eigenvalue weighted by Crippen LogP contribution is 2.16. The quantitative estimate of drug-likeness (QED) is 0.459. The van der Waals surface area contributed by atoms with Crippen LogP contribution in [-0.4, -0.2) is 50.5 Å². The van der Waals surface area contributed by atoms with Crippen molar-refractivity contribution in [2.45, 2.75) is 33.6 Å². The highest BCUT2D eigenvalue weighted by molar-refractivity contribution is 5.46. The van der Waals surface area contributed by atoms with Crippen molar-refractivity contribution in [1.82, 2.24) is 4.90 Å². The molecule has 1 aliphatic rings. The van der Waals surface area contributed by atoms with E-state index in [4.69, 9.17) is 4.79 Å². The molecule has 170 valence electrons. The molecule has 0 bridgehead atoms. The van der Waals surface area contributed by atoms with E-state index >= 15 is 0 Å². The number of hydrogen-bond donors (Lipinski definition) is 1. The molecule has 2 aromatic rings. The predicted octanol–water partition coefficient (Wildman–Crippen LogP) is 5.63. The fourth-order valence-electron chi connectivity index (χ4n) is 2.88. The van der Waals surface area contributed by atoms with Gasteiger partial charge in [-0.1, -0.05) is 57.0 Å². The summed E-state index contributed by atoms with van der Waals surface area (Å²) in [5.74, 6) is -0.174. The van der Waals surface area contributed by atoms with Crippen LogP contribution >= 0.6 is 0 Å². The Morgan fingerprint density at radius 2 is 1.48 bits per heavy atom. The van der Waals surface area contributed by atoms with Gasteiger partial charge in [-0.25, -0.2) is 4.39 Å². The van der Waals surface area contributed by atoms with Gasteiger partial charge in [0.05, 0.1) is 0 Å². The first kappa shape index (κ1) is 26.4. The number of anilines is 2. The normalized spacial score (nSPS) is 13.6. The third-order valence-electron chi connectivity index (χ3n) is 4.79. The SMILES string of the molecule is CC=O.CCCC.Fc1ccc(N2CCN(C/C=C\CNc3ccccc3)CC2)cc1. The minimum absolute atomic E-state index is 0.174. The van der Waals surface area contributed by atoms with Gasteiger partial charge >= 0.3 is 0 Å². The van der Waals surface area contributed by atoms with Gasteiger partial charge in [-0.05, 0) is 43.3 Å². The molecule has 0 aliphatic carbocycles. The summed E-state index contributed by atoms with van der Waals surface area (Å²) >= 11 is 0. The Morgan fingerprint density at radius 1 is 0.903 bits per heavy atom. The minimum atomic E-state index is -0.174. The second kappa shape index (κ2) is 17.1. The molecule has 4 nitrogen and oxygen atoms in total. The van der Waals surface area contributed by atoms with Crippen molar-refractivity contribution in [3.05, 3.63) is 72.6 Å². The monoisotopic (exact) mass is 427 g/mol. The Labute approximate surface area is 187 Å². The van der Waals surface area contributed by atoms with Crippen molar-refractivity contribution in [2.24, 2.45) is 0 Å². The predicted molar refractivity (Wildman–Crippen MR) is 131 cm³/mol. The summed E-state index contributed by atoms with van der Waals surface area (Å²) < 4.78 is 13.0. The maximum atomic E-state index is 13.0. The summed E-state index contributed by atoms with van der Waals surface area (Å²) in [6.45, 7) is 11.7. The second-order valence-electron chi connectivity index (χ2n) is 7.22. The number of para-hydroxylation sites is 1. The maximum Gasteiger partial charge on any atom is 0.123 e. The number of halogens is 1. The maximum absolute atomic E-state index is 13.0. The zero-order valence-electron chi connectivity index (χ0n) is 19.3. The van der Waals surface area contributed by atoms with Gasteiger partial charge in [-0.15, -0.1) is 0 Å². The van der Waals surface area contributed by atoms with Gasteiger partial charge in [0, 0.05) is 50.6 Å². The smallest absolute Gasteiger partial charge is 0.123 e. The molecule has 1 N–H and O–H groups in total. The van der Waals surface area contributed by atoms with E-state index in [0.717, 1.165) is 56.9 Å². The average molecular weight is 428 g/mol. The number of hydrogen-bond acceptors (Lipinski definition) is 4. The van der Waals surface area contributed by atoms with E-state index in [0.29, 0.717) is 0 Å². The molecular weight excluding hydrogens is 389 g/mol. The first-order valence-electron chi connectivity index (χ1n) is 11.2. The summed E-state index contributed by atoms with van der Waals surface area (Å²) in [6.07, 6.45) is 7.79. The van der Waals surface area contributed by atoms with Crippen molar-refractivity contribution in [3.63, 3.8) is 0 Å². The Morgan fingerprint density at radius 3 is 2.03 bits per heavy atom. The molecule has 3 rings (SSSR count). The highest BCUT2D eigenvalue weighted by atomic mass is 19.1. The van der Waals surface area contributed by atoms with Gasteiger partial charge in [-0.3, -0.25) is 4.90 Å². The van der Waals surface area contributed by atoms with Crippen molar-refractivity contribution < 1.29 is 9.18 Å². The minimum Gasteiger partial charge on any atom is -0.382 e. The summed E-state index contributed by atoms with van der Waals surface area (Å²) in [7, 11) is 0. The van der Waals surface area contributed by atoms with E-state index in [9.17, 15) is 4.39 Å². The first-order chi connectivity index (χ1) is 15.1. The van der Waals surface area contributed by atoms with Crippen LogP contribution in [0.1, 0.15) is 33.6 Å². The standard InChI is InChI=1S/C20H24FN3.C4H10.C2H4O/c21-18-8-10-20(11-9-18)24-16-14-23(15-17-24)13-5-4-12-22-19-6-2-1-3-7-19;1-3-4-2;1-2-3/h1-11,22H,12-17H2;3-4H2,1-2H3;2H,1H3/b5-4-;;. The molecule has 0 amide bonds. The molecule has 0 spiro atoms. The van der Waals surface area contributed by atoms with Crippen LogP contribution in [-0.2, 0) is 4.79 Å². The topological polar surface area (TPSA) is 35.6 Å². The van der Waals surface area contributed by atoms with E-state index in [2.05, 4.69) is 53.2 Å². The van der Waals surface area contributed by atoms with Crippen molar-refractivity contribution in [3.8, 4) is 0 Å². The summed E-state index contributed by atoms with van der Waals surface area (Å²) in [4.78, 5) is 13.6. The largest absolute Gasteiger partial charge is 0.382 e. The van der Waals surface area contributed by atoms with Crippen LogP contribution in [0, 0.1) is 5.82 Å². The fraction of sp³-hybridized carbons (Fsp3) is 0.423. The zero-order valence-corrected chi connectivity index (χ0v) is 19.3. The van der Waals surface area contributed by atoms with Crippen molar-refractivity contribution >= 4 is 17.7 Å². The molecule has 0 aromatic heterocycles. The molecule has 31 heavy (non-hydrogen) atoms. The Hall–Kier alpha value is -2.66. The van der Waals surface area contributed by atoms with E-state index in [-0.39, 0.29) is 5.82 Å². The number of piperazine rings is 1. The number of carbonyl (C=O) groups excluding carboxylic acids is 1. The third kappa shape index (κ3) is 11.9. The number of benzene rings is 2. The lowest BCUT2D eigenvalue weighted by atomic mass is 10.2. The molecule has 1 fully saturated rings. The lowest BCUT2D eigenvalue weighted by Crippen LogP contribution is -2.46. The van der Waals surface area contributed by atoms with Crippen LogP contribution in [0.3, 0.4) is 0 Å². The first-order valence-corrected chi connectivity index (χ1v) is 11.2. The Bertz CT molecular complexity index is 709. The lowest BCUT2D eigenvalue weighted by Gasteiger charge is -2.35. The van der Waals surface area contributed by atoms with Crippen LogP contribution in [0.15, 0.2) is 66.7 Å². The van der Waals surface area contributed by atoms with Gasteiger partial charge in [-0.2, -0.15) is 0 Å². The highest BCUT2D eigenvalue weighted by Gasteiger charge is 2.15. The van der Waals surface area contributed by atoms with Crippen LogP contribution in [0.25, 0.3) is 0 Å². The number of rotatable bonds is 7. The van der Waals surface area contributed by atoms with Crippen LogP contribution < -0.4 is 10.2 Å².